The van der Waals surface area contributed by atoms with Crippen LogP contribution in [-0.4, -0.2) is 74.6 Å². The molecule has 4 fully saturated rings. The summed E-state index contributed by atoms with van der Waals surface area (Å²) in [4.78, 5) is 47.5. The van der Waals surface area contributed by atoms with Crippen LogP contribution in [0, 0.1) is 23.7 Å². The van der Waals surface area contributed by atoms with Crippen LogP contribution in [0.4, 0.5) is 18.9 Å². The normalized spacial score (nSPS) is 22.9. The summed E-state index contributed by atoms with van der Waals surface area (Å²) in [5, 5.41) is 12.9. The molecule has 11 nitrogen and oxygen atoms in total. The standard InChI is InChI=1S/C31H34ClF3N8O3/c32-24-10-19(3-4-21(24)28(44)40-25-22-14-42(15-23(22)25)30(46)17-5-7-36-8-6-17)39-29(45)27-37-11-20(38-27)9-18-13-43(12-16-1-2-16)41-26(18)31(33,34)35/h3-4,10-11,13,16-17,22-23,25,36H,1-2,5-9,12,14-15H2,(H,37,38)(H,39,45)(H,40,44). The van der Waals surface area contributed by atoms with Crippen LogP contribution in [0.2, 0.25) is 5.02 Å². The minimum atomic E-state index is -4.60. The number of benzene rings is 1. The van der Waals surface area contributed by atoms with Crippen molar-refractivity contribution >= 4 is 35.0 Å². The van der Waals surface area contributed by atoms with Gasteiger partial charge in [-0.15, -0.1) is 0 Å². The van der Waals surface area contributed by atoms with Crippen molar-refractivity contribution in [1.29, 1.82) is 0 Å². The summed E-state index contributed by atoms with van der Waals surface area (Å²) >= 11 is 6.42. The molecule has 2 aliphatic carbocycles. The Morgan fingerprint density at radius 1 is 1.04 bits per heavy atom. The van der Waals surface area contributed by atoms with Crippen molar-refractivity contribution in [3.8, 4) is 0 Å². The zero-order valence-corrected chi connectivity index (χ0v) is 25.6. The molecule has 244 valence electrons. The second-order valence-electron chi connectivity index (χ2n) is 12.8. The number of fused-ring (bicyclic) bond motifs is 1. The molecule has 0 bridgehead atoms. The largest absolute Gasteiger partial charge is 0.435 e. The first-order chi connectivity index (χ1) is 22.0. The number of imidazole rings is 1. The van der Waals surface area contributed by atoms with E-state index in [0.29, 0.717) is 36.9 Å². The van der Waals surface area contributed by atoms with Crippen LogP contribution in [0.25, 0.3) is 0 Å². The lowest BCUT2D eigenvalue weighted by atomic mass is 9.96. The fourth-order valence-corrected chi connectivity index (χ4v) is 6.97. The van der Waals surface area contributed by atoms with E-state index in [1.54, 1.807) is 6.07 Å². The molecule has 0 spiro atoms. The maximum absolute atomic E-state index is 13.6. The zero-order chi connectivity index (χ0) is 32.2. The number of alkyl halides is 3. The van der Waals surface area contributed by atoms with Crippen LogP contribution in [0.5, 0.6) is 0 Å². The number of hydrogen-bond donors (Lipinski definition) is 4. The van der Waals surface area contributed by atoms with Gasteiger partial charge in [0.1, 0.15) is 0 Å². The van der Waals surface area contributed by atoms with Gasteiger partial charge >= 0.3 is 6.18 Å². The predicted molar refractivity (Wildman–Crippen MR) is 161 cm³/mol. The van der Waals surface area contributed by atoms with Gasteiger partial charge in [-0.25, -0.2) is 4.98 Å². The lowest BCUT2D eigenvalue weighted by Crippen LogP contribution is -2.43. The van der Waals surface area contributed by atoms with Gasteiger partial charge in [0.15, 0.2) is 11.5 Å². The lowest BCUT2D eigenvalue weighted by Gasteiger charge is -2.28. The molecule has 2 aromatic heterocycles. The molecule has 2 unspecified atom stereocenters. The lowest BCUT2D eigenvalue weighted by molar-refractivity contribution is -0.142. The summed E-state index contributed by atoms with van der Waals surface area (Å²) in [5.74, 6) is 0.116. The molecule has 2 atom stereocenters. The van der Waals surface area contributed by atoms with E-state index in [9.17, 15) is 27.6 Å². The first-order valence-corrected chi connectivity index (χ1v) is 16.0. The van der Waals surface area contributed by atoms with Crippen LogP contribution in [0.3, 0.4) is 0 Å². The van der Waals surface area contributed by atoms with Gasteiger partial charge in [-0.1, -0.05) is 11.6 Å². The Labute approximate surface area is 267 Å². The number of anilines is 1. The Morgan fingerprint density at radius 2 is 1.78 bits per heavy atom. The summed E-state index contributed by atoms with van der Waals surface area (Å²) in [6, 6.07) is 4.51. The van der Waals surface area contributed by atoms with Gasteiger partial charge in [0.05, 0.1) is 10.6 Å². The number of aromatic amines is 1. The monoisotopic (exact) mass is 658 g/mol. The van der Waals surface area contributed by atoms with Crippen molar-refractivity contribution in [3.63, 3.8) is 0 Å². The number of rotatable bonds is 9. The maximum atomic E-state index is 13.6. The molecule has 4 aliphatic rings. The molecule has 2 saturated heterocycles. The summed E-state index contributed by atoms with van der Waals surface area (Å²) in [7, 11) is 0. The Morgan fingerprint density at radius 3 is 2.46 bits per heavy atom. The topological polar surface area (TPSA) is 137 Å². The first-order valence-electron chi connectivity index (χ1n) is 15.6. The van der Waals surface area contributed by atoms with Gasteiger partial charge in [-0.3, -0.25) is 19.1 Å². The number of amides is 3. The number of halogens is 4. The number of hydrogen-bond acceptors (Lipinski definition) is 6. The van der Waals surface area contributed by atoms with Crippen molar-refractivity contribution in [3.05, 3.63) is 64.0 Å². The number of carbonyl (C=O) groups excluding carboxylic acids is 3. The third-order valence-electron chi connectivity index (χ3n) is 9.44. The molecule has 0 radical (unpaired) electrons. The molecule has 4 heterocycles. The van der Waals surface area contributed by atoms with E-state index in [0.717, 1.165) is 38.8 Å². The van der Waals surface area contributed by atoms with E-state index in [2.05, 4.69) is 31.0 Å². The van der Waals surface area contributed by atoms with E-state index >= 15 is 0 Å². The average molecular weight is 659 g/mol. The second kappa shape index (κ2) is 12.0. The van der Waals surface area contributed by atoms with Crippen molar-refractivity contribution < 1.29 is 27.6 Å². The molecular weight excluding hydrogens is 625 g/mol. The van der Waals surface area contributed by atoms with Gasteiger partial charge in [0, 0.05) is 79.2 Å². The molecule has 46 heavy (non-hydrogen) atoms. The third kappa shape index (κ3) is 6.50. The molecule has 1 aromatic carbocycles. The predicted octanol–water partition coefficient (Wildman–Crippen LogP) is 3.72. The molecular formula is C31H34ClF3N8O3. The maximum Gasteiger partial charge on any atom is 0.435 e. The minimum absolute atomic E-state index is 0.00209. The zero-order valence-electron chi connectivity index (χ0n) is 24.9. The van der Waals surface area contributed by atoms with Gasteiger partial charge < -0.3 is 25.8 Å². The second-order valence-corrected chi connectivity index (χ2v) is 13.3. The Balaban J connectivity index is 0.923. The molecule has 4 N–H and O–H groups in total. The van der Waals surface area contributed by atoms with E-state index in [1.165, 1.54) is 29.2 Å². The SMILES string of the molecule is O=C(Nc1ccc(C(=O)NC2C3CN(C(=O)C4CCNCC4)CC32)c(Cl)c1)c1ncc(Cc2cn(CC3CC3)nc2C(F)(F)F)[nH]1. The summed E-state index contributed by atoms with van der Waals surface area (Å²) < 4.78 is 42.2. The minimum Gasteiger partial charge on any atom is -0.349 e. The van der Waals surface area contributed by atoms with Crippen LogP contribution < -0.4 is 16.0 Å². The smallest absolute Gasteiger partial charge is 0.349 e. The van der Waals surface area contributed by atoms with Crippen LogP contribution in [-0.2, 0) is 23.9 Å². The van der Waals surface area contributed by atoms with Gasteiger partial charge in [0.2, 0.25) is 5.91 Å². The summed E-state index contributed by atoms with van der Waals surface area (Å²) in [5.41, 5.74) is -0.0320. The van der Waals surface area contributed by atoms with E-state index in [4.69, 9.17) is 11.6 Å². The number of likely N-dealkylation sites (tertiary alicyclic amines) is 1. The van der Waals surface area contributed by atoms with Crippen LogP contribution >= 0.6 is 11.6 Å². The highest BCUT2D eigenvalue weighted by Crippen LogP contribution is 2.46. The summed E-state index contributed by atoms with van der Waals surface area (Å²) in [6.07, 6.45) is 1.71. The van der Waals surface area contributed by atoms with Crippen LogP contribution in [0.15, 0.2) is 30.6 Å². The number of nitrogens with one attached hydrogen (secondary N) is 4. The Hall–Kier alpha value is -3.91. The van der Waals surface area contributed by atoms with Crippen molar-refractivity contribution in [1.82, 2.24) is 35.3 Å². The third-order valence-corrected chi connectivity index (χ3v) is 9.75. The number of H-pyrrole nitrogens is 1. The number of piperidine rings is 2. The number of carbonyl (C=O) groups is 3. The molecule has 3 aromatic rings. The van der Waals surface area contributed by atoms with Gasteiger partial charge in [0.25, 0.3) is 11.8 Å². The summed E-state index contributed by atoms with van der Waals surface area (Å²) in [6.45, 7) is 3.49. The quantitative estimate of drug-likeness (QED) is 0.277. The highest BCUT2D eigenvalue weighted by Gasteiger charge is 2.57. The van der Waals surface area contributed by atoms with E-state index < -0.39 is 17.8 Å². The van der Waals surface area contributed by atoms with Crippen molar-refractivity contribution in [2.75, 3.05) is 31.5 Å². The molecule has 7 rings (SSSR count). The highest BCUT2D eigenvalue weighted by molar-refractivity contribution is 6.34. The molecule has 2 saturated carbocycles. The first kappa shape index (κ1) is 30.7. The Bertz CT molecular complexity index is 1650. The van der Waals surface area contributed by atoms with Crippen molar-refractivity contribution in [2.24, 2.45) is 23.7 Å². The van der Waals surface area contributed by atoms with Gasteiger partial charge in [-0.2, -0.15) is 18.3 Å². The van der Waals surface area contributed by atoms with E-state index in [-0.39, 0.29) is 64.0 Å². The fraction of sp³-hybridized carbons (Fsp3) is 0.516. The van der Waals surface area contributed by atoms with Gasteiger partial charge in [-0.05, 0) is 62.9 Å². The number of nitrogens with zero attached hydrogens (tertiary/aromatic N) is 4. The molecule has 3 amide bonds. The number of aromatic nitrogens is 4. The fourth-order valence-electron chi connectivity index (χ4n) is 6.70. The average Bonchev–Trinajstić information content (AvgIpc) is 3.70. The van der Waals surface area contributed by atoms with E-state index in [1.807, 2.05) is 4.90 Å². The Kier molecular flexibility index (Phi) is 8.04. The molecule has 2 aliphatic heterocycles. The highest BCUT2D eigenvalue weighted by atomic mass is 35.5. The van der Waals surface area contributed by atoms with Crippen molar-refractivity contribution in [2.45, 2.75) is 50.9 Å². The van der Waals surface area contributed by atoms with Crippen LogP contribution in [0.1, 0.15) is 63.6 Å². The molecule has 15 heteroatoms.